The summed E-state index contributed by atoms with van der Waals surface area (Å²) >= 11 is 0. The van der Waals surface area contributed by atoms with E-state index in [0.717, 1.165) is 24.2 Å². The number of nitrogens with one attached hydrogen (secondary N) is 1. The highest BCUT2D eigenvalue weighted by Crippen LogP contribution is 2.39. The molecule has 1 fully saturated rings. The van der Waals surface area contributed by atoms with E-state index in [4.69, 9.17) is 11.0 Å². The van der Waals surface area contributed by atoms with Gasteiger partial charge in [0.15, 0.2) is 0 Å². The third kappa shape index (κ3) is 3.75. The molecule has 2 aromatic rings. The van der Waals surface area contributed by atoms with Crippen LogP contribution in [0.1, 0.15) is 29.0 Å². The zero-order valence-corrected chi connectivity index (χ0v) is 12.4. The van der Waals surface area contributed by atoms with Crippen molar-refractivity contribution in [1.29, 1.82) is 5.26 Å². The smallest absolute Gasteiger partial charge is 0.0991 e. The van der Waals surface area contributed by atoms with Gasteiger partial charge in [0.2, 0.25) is 0 Å². The zero-order chi connectivity index (χ0) is 13.9. The molecular formula is C17H18ClN3. The molecule has 2 aromatic carbocycles. The summed E-state index contributed by atoms with van der Waals surface area (Å²) in [5.74, 6) is 0.552. The van der Waals surface area contributed by atoms with E-state index in [2.05, 4.69) is 35.7 Å². The lowest BCUT2D eigenvalue weighted by atomic mass is 10.1. The topological polar surface area (TPSA) is 61.8 Å². The molecule has 0 amide bonds. The number of benzene rings is 2. The molecule has 1 aliphatic rings. The zero-order valence-electron chi connectivity index (χ0n) is 11.6. The van der Waals surface area contributed by atoms with Gasteiger partial charge in [-0.1, -0.05) is 24.3 Å². The van der Waals surface area contributed by atoms with Crippen LogP contribution in [0.2, 0.25) is 0 Å². The molecule has 0 aromatic heterocycles. The Morgan fingerprint density at radius 2 is 1.90 bits per heavy atom. The first-order valence-electron chi connectivity index (χ1n) is 6.85. The minimum Gasteiger partial charge on any atom is -0.381 e. The van der Waals surface area contributed by atoms with Crippen molar-refractivity contribution in [2.45, 2.75) is 24.9 Å². The Hall–Kier alpha value is -2.02. The molecule has 108 valence electrons. The van der Waals surface area contributed by atoms with Gasteiger partial charge in [0.1, 0.15) is 0 Å². The van der Waals surface area contributed by atoms with E-state index in [-0.39, 0.29) is 12.4 Å². The molecule has 3 N–H and O–H groups in total. The van der Waals surface area contributed by atoms with Gasteiger partial charge in [-0.15, -0.1) is 12.4 Å². The van der Waals surface area contributed by atoms with Crippen molar-refractivity contribution in [3.63, 3.8) is 0 Å². The summed E-state index contributed by atoms with van der Waals surface area (Å²) in [7, 11) is 0. The average molecular weight is 300 g/mol. The fourth-order valence-electron chi connectivity index (χ4n) is 2.40. The molecule has 0 bridgehead atoms. The number of hydrogen-bond donors (Lipinski definition) is 2. The Labute approximate surface area is 131 Å². The fourth-order valence-corrected chi connectivity index (χ4v) is 2.40. The fraction of sp³-hybridized carbons (Fsp3) is 0.235. The van der Waals surface area contributed by atoms with Crippen molar-refractivity contribution >= 4 is 18.1 Å². The molecule has 0 heterocycles. The predicted octanol–water partition coefficient (Wildman–Crippen LogP) is 3.41. The Bertz CT molecular complexity index is 646. The maximum absolute atomic E-state index is 8.88. The van der Waals surface area contributed by atoms with Crippen molar-refractivity contribution in [2.24, 2.45) is 5.73 Å². The van der Waals surface area contributed by atoms with Gasteiger partial charge in [-0.2, -0.15) is 5.26 Å². The summed E-state index contributed by atoms with van der Waals surface area (Å²) in [5.41, 5.74) is 10.1. The summed E-state index contributed by atoms with van der Waals surface area (Å²) in [4.78, 5) is 0. The minimum atomic E-state index is 0. The quantitative estimate of drug-likeness (QED) is 0.909. The highest BCUT2D eigenvalue weighted by Gasteiger charge is 2.34. The van der Waals surface area contributed by atoms with E-state index in [1.54, 1.807) is 0 Å². The lowest BCUT2D eigenvalue weighted by molar-refractivity contribution is 0.990. The van der Waals surface area contributed by atoms with Crippen LogP contribution in [-0.2, 0) is 6.54 Å². The average Bonchev–Trinajstić information content (AvgIpc) is 3.23. The molecule has 0 aliphatic heterocycles. The number of halogens is 1. The van der Waals surface area contributed by atoms with Gasteiger partial charge < -0.3 is 11.1 Å². The first-order chi connectivity index (χ1) is 9.76. The van der Waals surface area contributed by atoms with Crippen LogP contribution in [0.25, 0.3) is 0 Å². The minimum absolute atomic E-state index is 0. The normalized spacial score (nSPS) is 19.2. The van der Waals surface area contributed by atoms with Gasteiger partial charge in [-0.3, -0.25) is 0 Å². The molecule has 3 nitrogen and oxygen atoms in total. The summed E-state index contributed by atoms with van der Waals surface area (Å²) < 4.78 is 0. The Kier molecular flexibility index (Phi) is 4.85. The predicted molar refractivity (Wildman–Crippen MR) is 87.5 cm³/mol. The monoisotopic (exact) mass is 299 g/mol. The number of hydrogen-bond acceptors (Lipinski definition) is 3. The third-order valence-corrected chi connectivity index (χ3v) is 3.73. The van der Waals surface area contributed by atoms with Crippen LogP contribution in [0.15, 0.2) is 48.5 Å². The Morgan fingerprint density at radius 1 is 1.19 bits per heavy atom. The summed E-state index contributed by atoms with van der Waals surface area (Å²) in [6.45, 7) is 0.720. The van der Waals surface area contributed by atoms with Gasteiger partial charge in [-0.25, -0.2) is 0 Å². The van der Waals surface area contributed by atoms with Gasteiger partial charge >= 0.3 is 0 Å². The lowest BCUT2D eigenvalue weighted by Gasteiger charge is -2.08. The molecule has 4 heteroatoms. The maximum Gasteiger partial charge on any atom is 0.0991 e. The van der Waals surface area contributed by atoms with Crippen LogP contribution < -0.4 is 11.1 Å². The molecule has 3 rings (SSSR count). The summed E-state index contributed by atoms with van der Waals surface area (Å²) in [5, 5.41) is 12.2. The summed E-state index contributed by atoms with van der Waals surface area (Å²) in [6.07, 6.45) is 1.10. The van der Waals surface area contributed by atoms with E-state index in [0.29, 0.717) is 17.5 Å². The van der Waals surface area contributed by atoms with Crippen LogP contribution >= 0.6 is 12.4 Å². The standard InChI is InChI=1S/C17H17N3.ClH/c18-10-12-2-1-3-13(8-12)11-20-15-6-4-14(5-7-15)16-9-17(16)19;/h1-8,16-17,20H,9,11,19H2;1H/t16-,17+;/m1./s1. The SMILES string of the molecule is Cl.N#Cc1cccc(CNc2ccc([C@H]3C[C@@H]3N)cc2)c1. The van der Waals surface area contributed by atoms with E-state index >= 15 is 0 Å². The van der Waals surface area contributed by atoms with Gasteiger partial charge in [-0.05, 0) is 41.8 Å². The molecule has 0 unspecified atom stereocenters. The highest BCUT2D eigenvalue weighted by atomic mass is 35.5. The number of nitriles is 1. The molecule has 21 heavy (non-hydrogen) atoms. The van der Waals surface area contributed by atoms with E-state index in [1.165, 1.54) is 5.56 Å². The Balaban J connectivity index is 0.00000161. The van der Waals surface area contributed by atoms with Gasteiger partial charge in [0.25, 0.3) is 0 Å². The molecule has 1 aliphatic carbocycles. The second-order valence-corrected chi connectivity index (χ2v) is 5.29. The molecule has 0 spiro atoms. The van der Waals surface area contributed by atoms with Crippen LogP contribution in [0.5, 0.6) is 0 Å². The number of nitrogens with zero attached hydrogens (tertiary/aromatic N) is 1. The van der Waals surface area contributed by atoms with E-state index in [1.807, 2.05) is 24.3 Å². The molecular weight excluding hydrogens is 282 g/mol. The first-order valence-corrected chi connectivity index (χ1v) is 6.85. The van der Waals surface area contributed by atoms with Crippen molar-refractivity contribution < 1.29 is 0 Å². The van der Waals surface area contributed by atoms with Gasteiger partial charge in [0.05, 0.1) is 11.6 Å². The maximum atomic E-state index is 8.88. The number of rotatable bonds is 4. The van der Waals surface area contributed by atoms with E-state index < -0.39 is 0 Å². The second kappa shape index (κ2) is 6.62. The molecule has 0 radical (unpaired) electrons. The number of nitrogens with two attached hydrogens (primary N) is 1. The number of anilines is 1. The Morgan fingerprint density at radius 3 is 2.52 bits per heavy atom. The van der Waals surface area contributed by atoms with Crippen LogP contribution in [-0.4, -0.2) is 6.04 Å². The first kappa shape index (κ1) is 15.4. The van der Waals surface area contributed by atoms with Crippen LogP contribution in [0.3, 0.4) is 0 Å². The lowest BCUT2D eigenvalue weighted by Crippen LogP contribution is -2.02. The van der Waals surface area contributed by atoms with Crippen molar-refractivity contribution in [2.75, 3.05) is 5.32 Å². The summed E-state index contributed by atoms with van der Waals surface area (Å²) in [6, 6.07) is 18.6. The second-order valence-electron chi connectivity index (χ2n) is 5.29. The molecule has 0 saturated heterocycles. The largest absolute Gasteiger partial charge is 0.381 e. The molecule has 1 saturated carbocycles. The molecule has 2 atom stereocenters. The van der Waals surface area contributed by atoms with Crippen LogP contribution in [0, 0.1) is 11.3 Å². The van der Waals surface area contributed by atoms with Crippen LogP contribution in [0.4, 0.5) is 5.69 Å². The third-order valence-electron chi connectivity index (χ3n) is 3.73. The van der Waals surface area contributed by atoms with Crippen molar-refractivity contribution in [3.8, 4) is 6.07 Å². The van der Waals surface area contributed by atoms with Crippen molar-refractivity contribution in [3.05, 3.63) is 65.2 Å². The van der Waals surface area contributed by atoms with Gasteiger partial charge in [0, 0.05) is 24.2 Å². The van der Waals surface area contributed by atoms with Crippen molar-refractivity contribution in [1.82, 2.24) is 0 Å². The van der Waals surface area contributed by atoms with E-state index in [9.17, 15) is 0 Å². The highest BCUT2D eigenvalue weighted by molar-refractivity contribution is 5.85.